The van der Waals surface area contributed by atoms with Crippen LogP contribution in [0.2, 0.25) is 15.1 Å². The zero-order valence-corrected chi connectivity index (χ0v) is 23.7. The highest BCUT2D eigenvalue weighted by Gasteiger charge is 2.19. The van der Waals surface area contributed by atoms with Gasteiger partial charge in [0.25, 0.3) is 0 Å². The third kappa shape index (κ3) is 9.41. The van der Waals surface area contributed by atoms with Crippen molar-refractivity contribution in [1.29, 1.82) is 0 Å². The summed E-state index contributed by atoms with van der Waals surface area (Å²) in [6.45, 7) is 5.42. The van der Waals surface area contributed by atoms with Crippen molar-refractivity contribution in [2.24, 2.45) is 0 Å². The second kappa shape index (κ2) is 15.7. The van der Waals surface area contributed by atoms with Gasteiger partial charge in [-0.2, -0.15) is 0 Å². The van der Waals surface area contributed by atoms with Crippen molar-refractivity contribution in [3.63, 3.8) is 0 Å². The quantitative estimate of drug-likeness (QED) is 0.222. The van der Waals surface area contributed by atoms with Crippen LogP contribution in [0.5, 0.6) is 11.5 Å². The Balaban J connectivity index is 0.000000320. The fraction of sp³-hybridized carbons (Fsp3) is 0.276. The molecule has 0 aliphatic carbocycles. The molecular formula is C29H30Cl3FN2O4. The second-order valence-corrected chi connectivity index (χ2v) is 9.70. The largest absolute Gasteiger partial charge is 0.490 e. The fourth-order valence-electron chi connectivity index (χ4n) is 3.83. The van der Waals surface area contributed by atoms with Crippen LogP contribution >= 0.6 is 34.8 Å². The SMILES string of the molecule is CCNCc1ccccc1Cl.O=C(O)C1=C(c2ccc(OCCOc3c(Cl)cc(F)cc3Cl)cc2)CCNC1. The van der Waals surface area contributed by atoms with Crippen molar-refractivity contribution in [3.8, 4) is 11.5 Å². The number of rotatable bonds is 10. The van der Waals surface area contributed by atoms with E-state index in [0.717, 1.165) is 53.5 Å². The Bertz CT molecular complexity index is 1260. The molecule has 0 saturated carbocycles. The lowest BCUT2D eigenvalue weighted by Crippen LogP contribution is -2.28. The normalized spacial score (nSPS) is 12.9. The Morgan fingerprint density at radius 3 is 2.31 bits per heavy atom. The zero-order valence-electron chi connectivity index (χ0n) is 21.4. The average molecular weight is 596 g/mol. The van der Waals surface area contributed by atoms with Gasteiger partial charge in [0.15, 0.2) is 5.75 Å². The number of carboxylic acid groups (broad SMARTS) is 1. The monoisotopic (exact) mass is 594 g/mol. The molecule has 6 nitrogen and oxygen atoms in total. The molecule has 0 bridgehead atoms. The van der Waals surface area contributed by atoms with Crippen LogP contribution in [0.3, 0.4) is 0 Å². The Kier molecular flexibility index (Phi) is 12.4. The van der Waals surface area contributed by atoms with Crippen LogP contribution in [0.25, 0.3) is 5.57 Å². The average Bonchev–Trinajstić information content (AvgIpc) is 2.92. The molecule has 0 saturated heterocycles. The lowest BCUT2D eigenvalue weighted by molar-refractivity contribution is -0.132. The number of hydrogen-bond acceptors (Lipinski definition) is 5. The maximum absolute atomic E-state index is 13.2. The van der Waals surface area contributed by atoms with Gasteiger partial charge >= 0.3 is 5.97 Å². The first-order valence-electron chi connectivity index (χ1n) is 12.4. The lowest BCUT2D eigenvalue weighted by Gasteiger charge is -2.19. The van der Waals surface area contributed by atoms with Crippen molar-refractivity contribution >= 4 is 46.3 Å². The van der Waals surface area contributed by atoms with E-state index in [4.69, 9.17) is 44.3 Å². The predicted octanol–water partition coefficient (Wildman–Crippen LogP) is 6.87. The maximum atomic E-state index is 13.2. The highest BCUT2D eigenvalue weighted by atomic mass is 35.5. The van der Waals surface area contributed by atoms with Crippen molar-refractivity contribution < 1.29 is 23.8 Å². The minimum Gasteiger partial charge on any atom is -0.490 e. The molecule has 1 heterocycles. The van der Waals surface area contributed by atoms with Gasteiger partial charge in [-0.15, -0.1) is 0 Å². The van der Waals surface area contributed by atoms with Gasteiger partial charge in [-0.1, -0.05) is 72.1 Å². The molecule has 4 rings (SSSR count). The summed E-state index contributed by atoms with van der Waals surface area (Å²) in [6, 6.07) is 17.4. The summed E-state index contributed by atoms with van der Waals surface area (Å²) in [5, 5.41) is 16.7. The topological polar surface area (TPSA) is 79.8 Å². The molecule has 0 aromatic heterocycles. The molecule has 39 heavy (non-hydrogen) atoms. The molecule has 0 amide bonds. The van der Waals surface area contributed by atoms with E-state index in [9.17, 15) is 14.3 Å². The molecule has 208 valence electrons. The molecule has 0 atom stereocenters. The van der Waals surface area contributed by atoms with Crippen molar-refractivity contribution in [1.82, 2.24) is 10.6 Å². The van der Waals surface area contributed by atoms with Gasteiger partial charge in [-0.3, -0.25) is 0 Å². The summed E-state index contributed by atoms with van der Waals surface area (Å²) in [5.74, 6) is -0.607. The van der Waals surface area contributed by atoms with Crippen LogP contribution < -0.4 is 20.1 Å². The number of benzene rings is 3. The van der Waals surface area contributed by atoms with E-state index in [2.05, 4.69) is 17.6 Å². The Morgan fingerprint density at radius 2 is 1.67 bits per heavy atom. The number of carbonyl (C=O) groups is 1. The molecule has 3 aromatic carbocycles. The van der Waals surface area contributed by atoms with Gasteiger partial charge in [-0.25, -0.2) is 9.18 Å². The lowest BCUT2D eigenvalue weighted by atomic mass is 9.94. The third-order valence-electron chi connectivity index (χ3n) is 5.76. The first-order valence-corrected chi connectivity index (χ1v) is 13.5. The van der Waals surface area contributed by atoms with Gasteiger partial charge in [0.1, 0.15) is 24.8 Å². The summed E-state index contributed by atoms with van der Waals surface area (Å²) in [6.07, 6.45) is 0.662. The van der Waals surface area contributed by atoms with Crippen LogP contribution in [0.1, 0.15) is 24.5 Å². The number of halogens is 4. The first kappa shape index (κ1) is 30.7. The number of carboxylic acids is 1. The Morgan fingerprint density at radius 1 is 1.00 bits per heavy atom. The van der Waals surface area contributed by atoms with Crippen molar-refractivity contribution in [2.45, 2.75) is 19.9 Å². The molecule has 0 unspecified atom stereocenters. The number of aliphatic carboxylic acids is 1. The molecule has 10 heteroatoms. The van der Waals surface area contributed by atoms with Crippen LogP contribution in [0.15, 0.2) is 66.2 Å². The summed E-state index contributed by atoms with van der Waals surface area (Å²) < 4.78 is 24.3. The number of ether oxygens (including phenoxy) is 2. The molecule has 0 radical (unpaired) electrons. The highest BCUT2D eigenvalue weighted by molar-refractivity contribution is 6.37. The minimum absolute atomic E-state index is 0.0961. The van der Waals surface area contributed by atoms with Gasteiger partial charge in [0.2, 0.25) is 0 Å². The standard InChI is InChI=1S/C20H18Cl2FNO4.C9H12ClN/c21-17-9-13(23)10-18(22)19(17)28-8-7-27-14-3-1-12(2-4-14)15-5-6-24-11-16(15)20(25)26;1-2-11-7-8-5-3-4-6-9(8)10/h1-4,9-10,24H,5-8,11H2,(H,25,26);3-6,11H,2,7H2,1H3. The highest BCUT2D eigenvalue weighted by Crippen LogP contribution is 2.33. The maximum Gasteiger partial charge on any atom is 0.333 e. The van der Waals surface area contributed by atoms with E-state index < -0.39 is 11.8 Å². The van der Waals surface area contributed by atoms with E-state index in [0.29, 0.717) is 24.3 Å². The second-order valence-electron chi connectivity index (χ2n) is 8.48. The van der Waals surface area contributed by atoms with Gasteiger partial charge in [0.05, 0.1) is 15.6 Å². The molecule has 0 spiro atoms. The Hall–Kier alpha value is -2.81. The summed E-state index contributed by atoms with van der Waals surface area (Å²) in [4.78, 5) is 11.4. The van der Waals surface area contributed by atoms with Gasteiger partial charge in [-0.05, 0) is 66.5 Å². The smallest absolute Gasteiger partial charge is 0.333 e. The molecule has 1 aliphatic rings. The predicted molar refractivity (Wildman–Crippen MR) is 155 cm³/mol. The molecule has 3 aromatic rings. The van der Waals surface area contributed by atoms with E-state index in [1.54, 1.807) is 12.1 Å². The molecule has 0 fully saturated rings. The summed E-state index contributed by atoms with van der Waals surface area (Å²) >= 11 is 17.8. The van der Waals surface area contributed by atoms with Crippen LogP contribution in [-0.4, -0.2) is 43.9 Å². The zero-order chi connectivity index (χ0) is 28.2. The van der Waals surface area contributed by atoms with Crippen molar-refractivity contribution in [3.05, 3.63) is 98.2 Å². The van der Waals surface area contributed by atoms with E-state index in [1.165, 1.54) is 0 Å². The van der Waals surface area contributed by atoms with Gasteiger partial charge in [0, 0.05) is 18.1 Å². The molecular weight excluding hydrogens is 566 g/mol. The molecule has 3 N–H and O–H groups in total. The van der Waals surface area contributed by atoms with Crippen molar-refractivity contribution in [2.75, 3.05) is 32.8 Å². The Labute approximate surface area is 242 Å². The first-order chi connectivity index (χ1) is 18.8. The van der Waals surface area contributed by atoms with Gasteiger partial charge < -0.3 is 25.2 Å². The van der Waals surface area contributed by atoms with E-state index in [1.807, 2.05) is 36.4 Å². The summed E-state index contributed by atoms with van der Waals surface area (Å²) in [5.41, 5.74) is 3.26. The summed E-state index contributed by atoms with van der Waals surface area (Å²) in [7, 11) is 0. The van der Waals surface area contributed by atoms with E-state index >= 15 is 0 Å². The van der Waals surface area contributed by atoms with Crippen LogP contribution in [0.4, 0.5) is 4.39 Å². The number of hydrogen-bond donors (Lipinski definition) is 3. The fourth-order valence-corrected chi connectivity index (χ4v) is 4.60. The van der Waals surface area contributed by atoms with Crippen LogP contribution in [-0.2, 0) is 11.3 Å². The number of nitrogens with one attached hydrogen (secondary N) is 2. The molecule has 1 aliphatic heterocycles. The minimum atomic E-state index is -0.905. The van der Waals surface area contributed by atoms with E-state index in [-0.39, 0.29) is 29.0 Å². The third-order valence-corrected chi connectivity index (χ3v) is 6.69. The van der Waals surface area contributed by atoms with Crippen LogP contribution in [0, 0.1) is 5.82 Å².